The van der Waals surface area contributed by atoms with Crippen molar-refractivity contribution in [3.8, 4) is 0 Å². The molecular weight excluding hydrogens is 350 g/mol. The van der Waals surface area contributed by atoms with Crippen molar-refractivity contribution >= 4 is 23.1 Å². The summed E-state index contributed by atoms with van der Waals surface area (Å²) in [5.41, 5.74) is 3.37. The molecule has 0 unspecified atom stereocenters. The molecule has 1 fully saturated rings. The molecule has 3 aromatic rings. The van der Waals surface area contributed by atoms with E-state index in [2.05, 4.69) is 66.9 Å². The maximum absolute atomic E-state index is 4.48. The van der Waals surface area contributed by atoms with E-state index in [1.54, 1.807) is 18.6 Å². The van der Waals surface area contributed by atoms with Crippen LogP contribution in [0.3, 0.4) is 0 Å². The molecule has 1 aromatic carbocycles. The fourth-order valence-electron chi connectivity index (χ4n) is 3.29. The molecule has 0 amide bonds. The first-order chi connectivity index (χ1) is 13.8. The van der Waals surface area contributed by atoms with Gasteiger partial charge in [-0.2, -0.15) is 10.1 Å². The molecular formula is C21H25N7. The topological polar surface area (TPSA) is 78.9 Å². The molecule has 3 heterocycles. The zero-order valence-electron chi connectivity index (χ0n) is 16.0. The zero-order valence-corrected chi connectivity index (χ0v) is 16.0. The third-order valence-electron chi connectivity index (χ3n) is 5.05. The Morgan fingerprint density at radius 2 is 1.79 bits per heavy atom. The van der Waals surface area contributed by atoms with E-state index in [1.165, 1.54) is 18.5 Å². The summed E-state index contributed by atoms with van der Waals surface area (Å²) in [6, 6.07) is 12.4. The van der Waals surface area contributed by atoms with Crippen LogP contribution in [0.1, 0.15) is 25.3 Å². The van der Waals surface area contributed by atoms with Gasteiger partial charge in [-0.05, 0) is 60.7 Å². The summed E-state index contributed by atoms with van der Waals surface area (Å²) in [6.07, 6.45) is 7.69. The van der Waals surface area contributed by atoms with Crippen molar-refractivity contribution in [3.05, 3.63) is 60.6 Å². The summed E-state index contributed by atoms with van der Waals surface area (Å²) >= 11 is 0. The molecule has 144 valence electrons. The summed E-state index contributed by atoms with van der Waals surface area (Å²) in [7, 11) is 0. The second-order valence-corrected chi connectivity index (χ2v) is 7.22. The molecule has 0 atom stereocenters. The van der Waals surface area contributed by atoms with Crippen LogP contribution in [0, 0.1) is 5.92 Å². The first-order valence-electron chi connectivity index (χ1n) is 9.71. The fraction of sp³-hybridized carbons (Fsp3) is 0.333. The molecule has 4 rings (SSSR count). The molecule has 2 N–H and O–H groups in total. The van der Waals surface area contributed by atoms with Crippen LogP contribution in [0.15, 0.2) is 55.0 Å². The number of nitrogens with one attached hydrogen (secondary N) is 2. The lowest BCUT2D eigenvalue weighted by Gasteiger charge is -2.32. The van der Waals surface area contributed by atoms with Gasteiger partial charge in [0.25, 0.3) is 0 Å². The van der Waals surface area contributed by atoms with Crippen molar-refractivity contribution in [2.45, 2.75) is 26.3 Å². The number of benzene rings is 1. The Bertz CT molecular complexity index is 875. The van der Waals surface area contributed by atoms with Gasteiger partial charge < -0.3 is 15.5 Å². The van der Waals surface area contributed by atoms with E-state index in [-0.39, 0.29) is 0 Å². The molecule has 2 aromatic heterocycles. The molecule has 0 spiro atoms. The van der Waals surface area contributed by atoms with Gasteiger partial charge in [0.2, 0.25) is 5.95 Å². The number of aromatic nitrogens is 4. The average Bonchev–Trinajstić information content (AvgIpc) is 2.75. The van der Waals surface area contributed by atoms with Crippen LogP contribution >= 0.6 is 0 Å². The van der Waals surface area contributed by atoms with E-state index in [0.29, 0.717) is 18.3 Å². The minimum atomic E-state index is 0.487. The summed E-state index contributed by atoms with van der Waals surface area (Å²) < 4.78 is 0. The minimum Gasteiger partial charge on any atom is -0.372 e. The molecule has 0 aliphatic carbocycles. The zero-order chi connectivity index (χ0) is 19.2. The molecule has 1 aliphatic heterocycles. The number of pyridine rings is 1. The molecule has 7 nitrogen and oxygen atoms in total. The van der Waals surface area contributed by atoms with E-state index in [4.69, 9.17) is 0 Å². The second kappa shape index (κ2) is 8.65. The van der Waals surface area contributed by atoms with Crippen LogP contribution in [-0.4, -0.2) is 33.3 Å². The third kappa shape index (κ3) is 4.73. The number of nitrogens with zero attached hydrogens (tertiary/aromatic N) is 5. The van der Waals surface area contributed by atoms with Crippen molar-refractivity contribution in [1.29, 1.82) is 0 Å². The van der Waals surface area contributed by atoms with Crippen molar-refractivity contribution in [1.82, 2.24) is 20.2 Å². The number of anilines is 4. The Balaban J connectivity index is 1.36. The van der Waals surface area contributed by atoms with Crippen molar-refractivity contribution in [2.75, 3.05) is 28.6 Å². The molecule has 7 heteroatoms. The van der Waals surface area contributed by atoms with Crippen LogP contribution in [0.2, 0.25) is 0 Å². The average molecular weight is 375 g/mol. The Kier molecular flexibility index (Phi) is 5.61. The van der Waals surface area contributed by atoms with Crippen molar-refractivity contribution < 1.29 is 0 Å². The van der Waals surface area contributed by atoms with E-state index >= 15 is 0 Å². The number of hydrogen-bond donors (Lipinski definition) is 2. The van der Waals surface area contributed by atoms with E-state index in [0.717, 1.165) is 30.3 Å². The van der Waals surface area contributed by atoms with Crippen LogP contribution in [0.25, 0.3) is 0 Å². The molecule has 28 heavy (non-hydrogen) atoms. The first-order valence-corrected chi connectivity index (χ1v) is 9.71. The molecule has 1 aliphatic rings. The lowest BCUT2D eigenvalue weighted by Crippen LogP contribution is -2.32. The Morgan fingerprint density at radius 1 is 1.04 bits per heavy atom. The smallest absolute Gasteiger partial charge is 0.244 e. The van der Waals surface area contributed by atoms with Crippen LogP contribution in [0.4, 0.5) is 23.1 Å². The van der Waals surface area contributed by atoms with E-state index in [9.17, 15) is 0 Å². The molecule has 0 saturated carbocycles. The monoisotopic (exact) mass is 375 g/mol. The maximum Gasteiger partial charge on any atom is 0.244 e. The predicted molar refractivity (Wildman–Crippen MR) is 112 cm³/mol. The standard InChI is InChI=1S/C21H25N7/c1-16-8-12-28(13-9-16)19-4-2-18(3-5-19)25-20-15-24-27-21(26-20)23-14-17-6-10-22-11-7-17/h2-7,10-11,15-16H,8-9,12-14H2,1H3,(H2,23,25,26,27). The normalized spacial score (nSPS) is 14.7. The lowest BCUT2D eigenvalue weighted by atomic mass is 9.99. The maximum atomic E-state index is 4.48. The minimum absolute atomic E-state index is 0.487. The summed E-state index contributed by atoms with van der Waals surface area (Å²) in [6.45, 7) is 5.23. The van der Waals surface area contributed by atoms with Gasteiger partial charge in [-0.3, -0.25) is 4.98 Å². The Labute approximate surface area is 165 Å². The summed E-state index contributed by atoms with van der Waals surface area (Å²) in [5.74, 6) is 1.98. The molecule has 1 saturated heterocycles. The van der Waals surface area contributed by atoms with Gasteiger partial charge in [0.1, 0.15) is 0 Å². The van der Waals surface area contributed by atoms with Gasteiger partial charge in [-0.15, -0.1) is 5.10 Å². The quantitative estimate of drug-likeness (QED) is 0.677. The summed E-state index contributed by atoms with van der Waals surface area (Å²) in [5, 5.41) is 14.6. The highest BCUT2D eigenvalue weighted by molar-refractivity contribution is 5.61. The lowest BCUT2D eigenvalue weighted by molar-refractivity contribution is 0.438. The van der Waals surface area contributed by atoms with Gasteiger partial charge >= 0.3 is 0 Å². The fourth-order valence-corrected chi connectivity index (χ4v) is 3.29. The van der Waals surface area contributed by atoms with Gasteiger partial charge in [0.05, 0.1) is 6.20 Å². The number of piperidine rings is 1. The predicted octanol–water partition coefficient (Wildman–Crippen LogP) is 3.86. The molecule has 0 radical (unpaired) electrons. The van der Waals surface area contributed by atoms with Gasteiger partial charge in [-0.1, -0.05) is 6.92 Å². The van der Waals surface area contributed by atoms with Crippen LogP contribution in [0.5, 0.6) is 0 Å². The highest BCUT2D eigenvalue weighted by atomic mass is 15.3. The van der Waals surface area contributed by atoms with Gasteiger partial charge in [0, 0.05) is 43.4 Å². The first kappa shape index (κ1) is 18.2. The molecule has 0 bridgehead atoms. The van der Waals surface area contributed by atoms with Crippen LogP contribution in [-0.2, 0) is 6.54 Å². The summed E-state index contributed by atoms with van der Waals surface area (Å²) in [4.78, 5) is 11.0. The van der Waals surface area contributed by atoms with Crippen LogP contribution < -0.4 is 15.5 Å². The third-order valence-corrected chi connectivity index (χ3v) is 5.05. The largest absolute Gasteiger partial charge is 0.372 e. The second-order valence-electron chi connectivity index (χ2n) is 7.22. The highest BCUT2D eigenvalue weighted by Gasteiger charge is 2.15. The van der Waals surface area contributed by atoms with E-state index < -0.39 is 0 Å². The Morgan fingerprint density at radius 3 is 2.54 bits per heavy atom. The number of rotatable bonds is 6. The number of hydrogen-bond acceptors (Lipinski definition) is 7. The Hall–Kier alpha value is -3.22. The van der Waals surface area contributed by atoms with Crippen molar-refractivity contribution in [3.63, 3.8) is 0 Å². The van der Waals surface area contributed by atoms with E-state index in [1.807, 2.05) is 12.1 Å². The van der Waals surface area contributed by atoms with Gasteiger partial charge in [-0.25, -0.2) is 0 Å². The SMILES string of the molecule is CC1CCN(c2ccc(Nc3cnnc(NCc4ccncc4)n3)cc2)CC1. The van der Waals surface area contributed by atoms with Gasteiger partial charge in [0.15, 0.2) is 5.82 Å². The van der Waals surface area contributed by atoms with Crippen molar-refractivity contribution in [2.24, 2.45) is 5.92 Å². The highest BCUT2D eigenvalue weighted by Crippen LogP contribution is 2.25.